The normalized spacial score (nSPS) is 11.4. The smallest absolute Gasteiger partial charge is 0.242 e. The molecule has 1 heterocycles. The zero-order valence-corrected chi connectivity index (χ0v) is 7.47. The van der Waals surface area contributed by atoms with Gasteiger partial charge in [0.1, 0.15) is 6.33 Å². The van der Waals surface area contributed by atoms with Gasteiger partial charge >= 0.3 is 0 Å². The third-order valence-electron chi connectivity index (χ3n) is 1.50. The van der Waals surface area contributed by atoms with Gasteiger partial charge in [-0.25, -0.2) is 9.97 Å². The lowest BCUT2D eigenvalue weighted by Gasteiger charge is -2.08. The summed E-state index contributed by atoms with van der Waals surface area (Å²) in [6.07, 6.45) is 9.57. The van der Waals surface area contributed by atoms with E-state index in [1.165, 1.54) is 18.7 Å². The van der Waals surface area contributed by atoms with Gasteiger partial charge < -0.3 is 11.1 Å². The second kappa shape index (κ2) is 4.94. The van der Waals surface area contributed by atoms with Gasteiger partial charge in [-0.3, -0.25) is 4.79 Å². The molecule has 0 bridgehead atoms. The number of nitrogens with one attached hydrogen (secondary N) is 1. The molecule has 1 aromatic rings. The van der Waals surface area contributed by atoms with Gasteiger partial charge in [-0.2, -0.15) is 0 Å². The molecule has 1 rings (SSSR count). The summed E-state index contributed by atoms with van der Waals surface area (Å²) in [4.78, 5) is 18.8. The summed E-state index contributed by atoms with van der Waals surface area (Å²) in [6, 6.07) is -0.694. The van der Waals surface area contributed by atoms with E-state index >= 15 is 0 Å². The number of terminal acetylenes is 1. The molecule has 1 atom stereocenters. The molecule has 5 nitrogen and oxygen atoms in total. The van der Waals surface area contributed by atoms with E-state index in [0.717, 1.165) is 0 Å². The van der Waals surface area contributed by atoms with Crippen LogP contribution in [0.2, 0.25) is 0 Å². The molecule has 0 saturated heterocycles. The maximum absolute atomic E-state index is 11.3. The van der Waals surface area contributed by atoms with Gasteiger partial charge in [0.2, 0.25) is 5.91 Å². The summed E-state index contributed by atoms with van der Waals surface area (Å²) >= 11 is 0. The Morgan fingerprint density at radius 2 is 2.29 bits per heavy atom. The van der Waals surface area contributed by atoms with Crippen molar-refractivity contribution < 1.29 is 4.79 Å². The fourth-order valence-corrected chi connectivity index (χ4v) is 0.818. The standard InChI is InChI=1S/C9H10N4O/c1-2-3-8(10)9(14)13-7-4-11-6-12-5-7/h1,4-6,8H,3,10H2,(H,13,14). The van der Waals surface area contributed by atoms with E-state index < -0.39 is 6.04 Å². The molecule has 1 unspecified atom stereocenters. The predicted molar refractivity (Wildman–Crippen MR) is 52.1 cm³/mol. The third-order valence-corrected chi connectivity index (χ3v) is 1.50. The lowest BCUT2D eigenvalue weighted by Crippen LogP contribution is -2.35. The summed E-state index contributed by atoms with van der Waals surface area (Å²) in [5, 5.41) is 2.54. The Labute approximate surface area is 81.7 Å². The highest BCUT2D eigenvalue weighted by atomic mass is 16.2. The number of hydrogen-bond acceptors (Lipinski definition) is 4. The van der Waals surface area contributed by atoms with Crippen molar-refractivity contribution >= 4 is 11.6 Å². The molecule has 0 aliphatic carbocycles. The van der Waals surface area contributed by atoms with Crippen LogP contribution in [0.1, 0.15) is 6.42 Å². The van der Waals surface area contributed by atoms with E-state index in [1.807, 2.05) is 0 Å². The Bertz CT molecular complexity index is 344. The maximum Gasteiger partial charge on any atom is 0.242 e. The van der Waals surface area contributed by atoms with Gasteiger partial charge in [-0.05, 0) is 0 Å². The van der Waals surface area contributed by atoms with Crippen LogP contribution < -0.4 is 11.1 Å². The van der Waals surface area contributed by atoms with Crippen molar-refractivity contribution in [3.8, 4) is 12.3 Å². The van der Waals surface area contributed by atoms with Gasteiger partial charge in [-0.1, -0.05) is 0 Å². The monoisotopic (exact) mass is 190 g/mol. The van der Waals surface area contributed by atoms with Gasteiger partial charge in [0, 0.05) is 6.42 Å². The average Bonchev–Trinajstić information content (AvgIpc) is 2.19. The molecule has 72 valence electrons. The fourth-order valence-electron chi connectivity index (χ4n) is 0.818. The number of hydrogen-bond donors (Lipinski definition) is 2. The first kappa shape index (κ1) is 10.2. The van der Waals surface area contributed by atoms with E-state index in [0.29, 0.717) is 5.69 Å². The first-order chi connectivity index (χ1) is 6.74. The highest BCUT2D eigenvalue weighted by molar-refractivity contribution is 5.94. The SMILES string of the molecule is C#CCC(N)C(=O)Nc1cncnc1. The zero-order chi connectivity index (χ0) is 10.4. The quantitative estimate of drug-likeness (QED) is 0.645. The van der Waals surface area contributed by atoms with Crippen LogP contribution in [0.25, 0.3) is 0 Å². The highest BCUT2D eigenvalue weighted by Gasteiger charge is 2.11. The number of carbonyl (C=O) groups excluding carboxylic acids is 1. The van der Waals surface area contributed by atoms with E-state index in [4.69, 9.17) is 12.2 Å². The van der Waals surface area contributed by atoms with E-state index in [9.17, 15) is 4.79 Å². The highest BCUT2D eigenvalue weighted by Crippen LogP contribution is 2.01. The van der Waals surface area contributed by atoms with Crippen LogP contribution in [0.5, 0.6) is 0 Å². The van der Waals surface area contributed by atoms with Crippen LogP contribution in [0.15, 0.2) is 18.7 Å². The fraction of sp³-hybridized carbons (Fsp3) is 0.222. The Morgan fingerprint density at radius 3 is 2.86 bits per heavy atom. The molecule has 5 heteroatoms. The van der Waals surface area contributed by atoms with Crippen LogP contribution >= 0.6 is 0 Å². The largest absolute Gasteiger partial charge is 0.322 e. The molecular formula is C9H10N4O. The molecule has 1 aromatic heterocycles. The van der Waals surface area contributed by atoms with Gasteiger partial charge in [0.15, 0.2) is 0 Å². The van der Waals surface area contributed by atoms with Crippen LogP contribution in [0.3, 0.4) is 0 Å². The first-order valence-electron chi connectivity index (χ1n) is 3.99. The molecule has 0 spiro atoms. The summed E-state index contributed by atoms with van der Waals surface area (Å²) in [6.45, 7) is 0. The second-order valence-electron chi connectivity index (χ2n) is 2.63. The molecule has 1 amide bonds. The molecule has 0 fully saturated rings. The van der Waals surface area contributed by atoms with Crippen molar-refractivity contribution in [3.63, 3.8) is 0 Å². The van der Waals surface area contributed by atoms with Crippen molar-refractivity contribution in [1.29, 1.82) is 0 Å². The number of carbonyl (C=O) groups is 1. The van der Waals surface area contributed by atoms with Crippen molar-refractivity contribution in [2.24, 2.45) is 5.73 Å². The maximum atomic E-state index is 11.3. The average molecular weight is 190 g/mol. The van der Waals surface area contributed by atoms with Crippen molar-refractivity contribution in [1.82, 2.24) is 9.97 Å². The number of amides is 1. The summed E-state index contributed by atoms with van der Waals surface area (Å²) in [5.41, 5.74) is 5.98. The number of rotatable bonds is 3. The van der Waals surface area contributed by atoms with Crippen LogP contribution in [0, 0.1) is 12.3 Å². The number of anilines is 1. The zero-order valence-electron chi connectivity index (χ0n) is 7.47. The Balaban J connectivity index is 2.54. The number of nitrogens with zero attached hydrogens (tertiary/aromatic N) is 2. The third kappa shape index (κ3) is 2.84. The number of aromatic nitrogens is 2. The molecule has 0 aromatic carbocycles. The molecule has 3 N–H and O–H groups in total. The van der Waals surface area contributed by atoms with Crippen LogP contribution in [-0.2, 0) is 4.79 Å². The minimum atomic E-state index is -0.694. The Morgan fingerprint density at radius 1 is 1.64 bits per heavy atom. The van der Waals surface area contributed by atoms with E-state index in [-0.39, 0.29) is 12.3 Å². The van der Waals surface area contributed by atoms with Crippen molar-refractivity contribution in [2.75, 3.05) is 5.32 Å². The summed E-state index contributed by atoms with van der Waals surface area (Å²) in [7, 11) is 0. The lowest BCUT2D eigenvalue weighted by atomic mass is 10.2. The molecule has 0 radical (unpaired) electrons. The minimum absolute atomic E-state index is 0.208. The van der Waals surface area contributed by atoms with Crippen molar-refractivity contribution in [2.45, 2.75) is 12.5 Å². The number of nitrogens with two attached hydrogens (primary N) is 1. The van der Waals surface area contributed by atoms with E-state index in [2.05, 4.69) is 21.2 Å². The molecule has 0 aliphatic heterocycles. The van der Waals surface area contributed by atoms with Gasteiger partial charge in [0.25, 0.3) is 0 Å². The Kier molecular flexibility index (Phi) is 3.58. The molecular weight excluding hydrogens is 180 g/mol. The summed E-state index contributed by atoms with van der Waals surface area (Å²) < 4.78 is 0. The second-order valence-corrected chi connectivity index (χ2v) is 2.63. The van der Waals surface area contributed by atoms with Crippen LogP contribution in [-0.4, -0.2) is 21.9 Å². The lowest BCUT2D eigenvalue weighted by molar-refractivity contribution is -0.117. The molecule has 14 heavy (non-hydrogen) atoms. The van der Waals surface area contributed by atoms with Crippen molar-refractivity contribution in [3.05, 3.63) is 18.7 Å². The molecule has 0 saturated carbocycles. The summed E-state index contributed by atoms with van der Waals surface area (Å²) in [5.74, 6) is 1.98. The first-order valence-corrected chi connectivity index (χ1v) is 3.99. The van der Waals surface area contributed by atoms with Gasteiger partial charge in [-0.15, -0.1) is 12.3 Å². The Hall–Kier alpha value is -1.93. The predicted octanol–water partition coefficient (Wildman–Crippen LogP) is -0.234. The minimum Gasteiger partial charge on any atom is -0.322 e. The van der Waals surface area contributed by atoms with Gasteiger partial charge in [0.05, 0.1) is 24.1 Å². The molecule has 0 aliphatic rings. The van der Waals surface area contributed by atoms with Crippen LogP contribution in [0.4, 0.5) is 5.69 Å². The topological polar surface area (TPSA) is 80.9 Å². The van der Waals surface area contributed by atoms with E-state index in [1.54, 1.807) is 0 Å².